The fraction of sp³-hybridized carbons (Fsp3) is 0. The second-order valence-corrected chi connectivity index (χ2v) is 16.5. The van der Waals surface area contributed by atoms with Crippen molar-refractivity contribution in [3.63, 3.8) is 0 Å². The summed E-state index contributed by atoms with van der Waals surface area (Å²) < 4.78 is 0. The average Bonchev–Trinajstić information content (AvgIpc) is 3.45. The van der Waals surface area contributed by atoms with Crippen LogP contribution in [0.3, 0.4) is 0 Å². The third-order valence-corrected chi connectivity index (χ3v) is 11.9. The molecule has 0 aliphatic carbocycles. The van der Waals surface area contributed by atoms with Gasteiger partial charge in [0.15, 0.2) is 23.3 Å². The van der Waals surface area contributed by atoms with Crippen molar-refractivity contribution < 1.29 is 9.59 Å². The molecule has 0 aliphatic heterocycles. The third kappa shape index (κ3) is 9.47. The number of nitrogens with zero attached hydrogens (tertiary/aromatic N) is 6. The Kier molecular flexibility index (Phi) is 12.4. The SMILES string of the molecule is C=C(c1ccc(-c2ccccc2)cc1)c1nc(C(=C)c2nc(C(=C)c3ccc(-c4ccccc4)cc3)nc(C(=O)c3ccc(-c4ccccc4)cc3)n2)nc(C(=O)c2ccc(-c3ccccc3)cc2)n1. The minimum absolute atomic E-state index is 0.0110. The lowest BCUT2D eigenvalue weighted by atomic mass is 10.0. The highest BCUT2D eigenvalue weighted by Crippen LogP contribution is 2.29. The van der Waals surface area contributed by atoms with E-state index >= 15 is 0 Å². The molecule has 0 unspecified atom stereocenters. The van der Waals surface area contributed by atoms with E-state index < -0.39 is 11.6 Å². The fourth-order valence-corrected chi connectivity index (χ4v) is 7.99. The van der Waals surface area contributed by atoms with Gasteiger partial charge in [-0.3, -0.25) is 9.59 Å². The van der Waals surface area contributed by atoms with Crippen LogP contribution >= 0.6 is 0 Å². The molecule has 0 atom stereocenters. The van der Waals surface area contributed by atoms with Crippen LogP contribution in [0.15, 0.2) is 238 Å². The van der Waals surface area contributed by atoms with Crippen molar-refractivity contribution in [2.24, 2.45) is 0 Å². The molecule has 0 spiro atoms. The first-order chi connectivity index (χ1) is 34.3. The second-order valence-electron chi connectivity index (χ2n) is 16.5. The summed E-state index contributed by atoms with van der Waals surface area (Å²) >= 11 is 0. The molecule has 0 saturated heterocycles. The fourth-order valence-electron chi connectivity index (χ4n) is 7.99. The van der Waals surface area contributed by atoms with E-state index in [1.165, 1.54) is 0 Å². The summed E-state index contributed by atoms with van der Waals surface area (Å²) in [6.45, 7) is 13.2. The van der Waals surface area contributed by atoms with Crippen molar-refractivity contribution in [1.29, 1.82) is 0 Å². The van der Waals surface area contributed by atoms with E-state index in [0.717, 1.165) is 55.6 Å². The summed E-state index contributed by atoms with van der Waals surface area (Å²) in [4.78, 5) is 57.5. The van der Waals surface area contributed by atoms with Gasteiger partial charge < -0.3 is 0 Å². The molecule has 10 aromatic rings. The first kappa shape index (κ1) is 44.2. The normalized spacial score (nSPS) is 10.9. The van der Waals surface area contributed by atoms with Crippen molar-refractivity contribution in [2.75, 3.05) is 0 Å². The Hall–Kier alpha value is -9.66. The molecule has 0 fully saturated rings. The first-order valence-electron chi connectivity index (χ1n) is 22.6. The Bertz CT molecular complexity index is 3100. The largest absolute Gasteiger partial charge is 0.285 e. The van der Waals surface area contributed by atoms with Crippen molar-refractivity contribution in [3.8, 4) is 44.5 Å². The van der Waals surface area contributed by atoms with Gasteiger partial charge in [0.25, 0.3) is 0 Å². The summed E-state index contributed by atoms with van der Waals surface area (Å²) in [6, 6.07) is 70.2. The molecular formula is C62H42N6O2. The lowest BCUT2D eigenvalue weighted by Crippen LogP contribution is -2.16. The van der Waals surface area contributed by atoms with Crippen molar-refractivity contribution in [2.45, 2.75) is 0 Å². The van der Waals surface area contributed by atoms with Crippen LogP contribution in [0.5, 0.6) is 0 Å². The summed E-state index contributed by atoms with van der Waals surface area (Å²) in [5.41, 5.74) is 11.3. The standard InChI is InChI=1S/C62H42N6O2/c1-40(43-24-28-49(29-25-43)45-16-8-4-9-17-45)57-63-59(67-61(65-57)55(69)53-36-32-51(33-37-53)47-20-12-6-13-21-47)42(3)60-64-58(41(2)44-26-30-50(31-27-44)46-18-10-5-11-19-46)66-62(68-60)56(70)54-38-34-52(35-39-54)48-22-14-7-15-23-48/h4-39H,1-3H2. The number of aromatic nitrogens is 6. The maximum Gasteiger partial charge on any atom is 0.230 e. The minimum atomic E-state index is -0.442. The van der Waals surface area contributed by atoms with Gasteiger partial charge in [-0.15, -0.1) is 0 Å². The van der Waals surface area contributed by atoms with Crippen LogP contribution in [0, 0.1) is 0 Å². The lowest BCUT2D eigenvalue weighted by molar-refractivity contribution is 0.102. The zero-order valence-corrected chi connectivity index (χ0v) is 37.9. The zero-order valence-electron chi connectivity index (χ0n) is 37.9. The summed E-state index contributed by atoms with van der Waals surface area (Å²) in [5, 5.41) is 0. The first-order valence-corrected chi connectivity index (χ1v) is 22.6. The number of benzene rings is 8. The summed E-state index contributed by atoms with van der Waals surface area (Å²) in [6.07, 6.45) is 0. The molecule has 0 amide bonds. The maximum atomic E-state index is 14.4. The molecule has 8 heteroatoms. The summed E-state index contributed by atoms with van der Waals surface area (Å²) in [5.74, 6) is -0.838. The number of carbonyl (C=O) groups is 2. The Labute approximate surface area is 405 Å². The smallest absolute Gasteiger partial charge is 0.230 e. The summed E-state index contributed by atoms with van der Waals surface area (Å²) in [7, 11) is 0. The highest BCUT2D eigenvalue weighted by atomic mass is 16.1. The molecule has 8 nitrogen and oxygen atoms in total. The van der Waals surface area contributed by atoms with Crippen LogP contribution < -0.4 is 0 Å². The van der Waals surface area contributed by atoms with Crippen molar-refractivity contribution >= 4 is 28.3 Å². The molecule has 70 heavy (non-hydrogen) atoms. The minimum Gasteiger partial charge on any atom is -0.285 e. The van der Waals surface area contributed by atoms with Crippen molar-refractivity contribution in [3.05, 3.63) is 295 Å². The van der Waals surface area contributed by atoms with Gasteiger partial charge in [-0.05, 0) is 55.6 Å². The molecule has 2 heterocycles. The van der Waals surface area contributed by atoms with E-state index in [9.17, 15) is 9.59 Å². The monoisotopic (exact) mass is 902 g/mol. The molecule has 0 radical (unpaired) electrons. The topological polar surface area (TPSA) is 111 Å². The molecule has 332 valence electrons. The molecule has 0 N–H and O–H groups in total. The number of carbonyl (C=O) groups excluding carboxylic acids is 2. The molecule has 2 aromatic heterocycles. The van der Waals surface area contributed by atoms with Crippen LogP contribution in [-0.4, -0.2) is 41.5 Å². The molecular weight excluding hydrogens is 861 g/mol. The number of ketones is 2. The van der Waals surface area contributed by atoms with Gasteiger partial charge in [0.2, 0.25) is 23.2 Å². The van der Waals surface area contributed by atoms with Crippen LogP contribution in [0.25, 0.3) is 61.2 Å². The molecule has 0 bridgehead atoms. The predicted octanol–water partition coefficient (Wildman–Crippen LogP) is 13.4. The van der Waals surface area contributed by atoms with Gasteiger partial charge >= 0.3 is 0 Å². The van der Waals surface area contributed by atoms with Gasteiger partial charge in [0, 0.05) is 22.3 Å². The average molecular weight is 903 g/mol. The van der Waals surface area contributed by atoms with E-state index in [0.29, 0.717) is 22.3 Å². The van der Waals surface area contributed by atoms with Gasteiger partial charge in [-0.2, -0.15) is 0 Å². The predicted molar refractivity (Wildman–Crippen MR) is 278 cm³/mol. The van der Waals surface area contributed by atoms with E-state index in [-0.39, 0.29) is 40.5 Å². The third-order valence-electron chi connectivity index (χ3n) is 11.9. The highest BCUT2D eigenvalue weighted by molar-refractivity contribution is 6.08. The quantitative estimate of drug-likeness (QED) is 0.0992. The Balaban J connectivity index is 1.05. The second kappa shape index (κ2) is 19.7. The number of rotatable bonds is 14. The van der Waals surface area contributed by atoms with Gasteiger partial charge in [0.05, 0.1) is 5.57 Å². The van der Waals surface area contributed by atoms with Gasteiger partial charge in [-0.1, -0.05) is 238 Å². The van der Waals surface area contributed by atoms with Gasteiger partial charge in [-0.25, -0.2) is 29.9 Å². The van der Waals surface area contributed by atoms with Crippen LogP contribution in [-0.2, 0) is 0 Å². The maximum absolute atomic E-state index is 14.4. The van der Waals surface area contributed by atoms with E-state index in [1.54, 1.807) is 24.3 Å². The number of hydrogen-bond donors (Lipinski definition) is 0. The lowest BCUT2D eigenvalue weighted by Gasteiger charge is -2.13. The van der Waals surface area contributed by atoms with Crippen molar-refractivity contribution in [1.82, 2.24) is 29.9 Å². The Morgan fingerprint density at radius 2 is 0.429 bits per heavy atom. The highest BCUT2D eigenvalue weighted by Gasteiger charge is 2.24. The molecule has 0 saturated carbocycles. The molecule has 8 aromatic carbocycles. The Morgan fingerprint density at radius 1 is 0.229 bits per heavy atom. The van der Waals surface area contributed by atoms with Crippen LogP contribution in [0.2, 0.25) is 0 Å². The molecule has 10 rings (SSSR count). The molecule has 0 aliphatic rings. The van der Waals surface area contributed by atoms with Crippen LogP contribution in [0.4, 0.5) is 0 Å². The number of hydrogen-bond acceptors (Lipinski definition) is 8. The van der Waals surface area contributed by atoms with Gasteiger partial charge in [0.1, 0.15) is 0 Å². The van der Waals surface area contributed by atoms with E-state index in [1.807, 2.05) is 194 Å². The zero-order chi connectivity index (χ0) is 48.0. The van der Waals surface area contributed by atoms with E-state index in [4.69, 9.17) is 29.9 Å². The van der Waals surface area contributed by atoms with E-state index in [2.05, 4.69) is 19.7 Å². The Morgan fingerprint density at radius 3 is 0.686 bits per heavy atom. The van der Waals surface area contributed by atoms with Crippen LogP contribution in [0.1, 0.15) is 66.8 Å².